The number of benzene rings is 5. The van der Waals surface area contributed by atoms with Gasteiger partial charge in [0.2, 0.25) is 0 Å². The summed E-state index contributed by atoms with van der Waals surface area (Å²) in [4.78, 5) is 0. The van der Waals surface area contributed by atoms with Gasteiger partial charge in [0, 0.05) is 16.5 Å². The number of hydrogen-bond donors (Lipinski definition) is 0. The molecule has 0 radical (unpaired) electrons. The first-order valence-corrected chi connectivity index (χ1v) is 13.4. The molecule has 1 aromatic heterocycles. The fourth-order valence-corrected chi connectivity index (χ4v) is 6.37. The molecule has 0 saturated carbocycles. The Labute approximate surface area is 222 Å². The topological polar surface area (TPSA) is 23.4 Å². The van der Waals surface area contributed by atoms with Crippen molar-refractivity contribution in [2.45, 2.75) is 38.9 Å². The molecule has 3 nitrogen and oxygen atoms in total. The minimum absolute atomic E-state index is 0.359. The summed E-state index contributed by atoms with van der Waals surface area (Å²) in [6, 6.07) is 35.5. The molecule has 6 aromatic rings. The molecule has 4 heteroatoms. The number of aromatic nitrogens is 1. The van der Waals surface area contributed by atoms with E-state index in [1.807, 2.05) is 0 Å². The normalized spacial score (nSPS) is 17.1. The van der Waals surface area contributed by atoms with Crippen LogP contribution in [0, 0.1) is 0 Å². The Balaban J connectivity index is 1.39. The van der Waals surface area contributed by atoms with E-state index in [2.05, 4.69) is 129 Å². The van der Waals surface area contributed by atoms with E-state index in [0.29, 0.717) is 0 Å². The van der Waals surface area contributed by atoms with Crippen LogP contribution in [-0.2, 0) is 9.31 Å². The molecule has 0 spiro atoms. The van der Waals surface area contributed by atoms with Crippen LogP contribution in [0.25, 0.3) is 60.5 Å². The zero-order valence-electron chi connectivity index (χ0n) is 22.1. The Morgan fingerprint density at radius 2 is 1.11 bits per heavy atom. The highest BCUT2D eigenvalue weighted by molar-refractivity contribution is 6.62. The molecule has 5 aromatic carbocycles. The average molecular weight is 493 g/mol. The van der Waals surface area contributed by atoms with Crippen LogP contribution in [0.2, 0.25) is 0 Å². The van der Waals surface area contributed by atoms with Gasteiger partial charge < -0.3 is 13.9 Å². The summed E-state index contributed by atoms with van der Waals surface area (Å²) >= 11 is 0. The predicted molar refractivity (Wildman–Crippen MR) is 158 cm³/mol. The highest BCUT2D eigenvalue weighted by atomic mass is 16.7. The van der Waals surface area contributed by atoms with Gasteiger partial charge in [-0.25, -0.2) is 0 Å². The summed E-state index contributed by atoms with van der Waals surface area (Å²) in [5.41, 5.74) is 9.08. The maximum absolute atomic E-state index is 6.31. The minimum Gasteiger partial charge on any atom is -0.399 e. The van der Waals surface area contributed by atoms with E-state index in [0.717, 1.165) is 11.2 Å². The van der Waals surface area contributed by atoms with Crippen molar-refractivity contribution in [2.75, 3.05) is 0 Å². The minimum atomic E-state index is -0.368. The van der Waals surface area contributed by atoms with E-state index >= 15 is 0 Å². The fourth-order valence-electron chi connectivity index (χ4n) is 6.37. The maximum atomic E-state index is 6.31. The second kappa shape index (κ2) is 7.38. The molecule has 1 saturated heterocycles. The lowest BCUT2D eigenvalue weighted by Gasteiger charge is -2.32. The lowest BCUT2D eigenvalue weighted by atomic mass is 9.79. The molecular formula is C34H28BNO2. The monoisotopic (exact) mass is 493 g/mol. The predicted octanol–water partition coefficient (Wildman–Crippen LogP) is 7.88. The first-order valence-electron chi connectivity index (χ1n) is 13.4. The Bertz CT molecular complexity index is 1910. The van der Waals surface area contributed by atoms with Crippen molar-refractivity contribution in [3.63, 3.8) is 0 Å². The van der Waals surface area contributed by atoms with Crippen molar-refractivity contribution < 1.29 is 9.31 Å². The van der Waals surface area contributed by atoms with Gasteiger partial charge in [0.1, 0.15) is 0 Å². The van der Waals surface area contributed by atoms with Gasteiger partial charge in [-0.05, 0) is 90.4 Å². The van der Waals surface area contributed by atoms with E-state index in [9.17, 15) is 0 Å². The van der Waals surface area contributed by atoms with Crippen LogP contribution < -0.4 is 5.46 Å². The van der Waals surface area contributed by atoms with Gasteiger partial charge >= 0.3 is 7.12 Å². The first-order chi connectivity index (χ1) is 18.3. The Morgan fingerprint density at radius 1 is 0.526 bits per heavy atom. The molecule has 0 unspecified atom stereocenters. The van der Waals surface area contributed by atoms with Crippen molar-refractivity contribution in [1.29, 1.82) is 0 Å². The number of fused-ring (bicyclic) bond motifs is 3. The molecule has 0 atom stereocenters. The summed E-state index contributed by atoms with van der Waals surface area (Å²) in [6.45, 7) is 8.38. The van der Waals surface area contributed by atoms with Gasteiger partial charge in [-0.3, -0.25) is 0 Å². The standard InChI is InChI=1S/C34H28BNO2/c1-33(2)34(3,4)38-35(37-33)22-16-18-23(19-17-22)36-28-14-8-13-27-25-11-6-5-10-24(25)26-12-7-9-21-15-20-29(36)32(30(21)26)31(27)28/h5-20H,1-4H3. The summed E-state index contributed by atoms with van der Waals surface area (Å²) in [5, 5.41) is 5.26. The second-order valence-electron chi connectivity index (χ2n) is 11.6. The van der Waals surface area contributed by atoms with Crippen LogP contribution in [-0.4, -0.2) is 22.9 Å². The lowest BCUT2D eigenvalue weighted by Crippen LogP contribution is -2.41. The van der Waals surface area contributed by atoms with E-state index < -0.39 is 0 Å². The van der Waals surface area contributed by atoms with Crippen LogP contribution in [0.15, 0.2) is 97.1 Å². The van der Waals surface area contributed by atoms with Gasteiger partial charge in [0.15, 0.2) is 0 Å². The molecule has 8 rings (SSSR count). The van der Waals surface area contributed by atoms with Gasteiger partial charge in [-0.2, -0.15) is 0 Å². The molecule has 1 fully saturated rings. The SMILES string of the molecule is CC1(C)OB(c2ccc(-n3c4cccc5c4c4c6c(cccc6ccc43)-c3ccccc3-5)cc2)OC1(C)C. The molecule has 0 N–H and O–H groups in total. The molecule has 2 aliphatic rings. The van der Waals surface area contributed by atoms with Gasteiger partial charge in [-0.1, -0.05) is 72.8 Å². The number of rotatable bonds is 2. The summed E-state index contributed by atoms with van der Waals surface area (Å²) in [7, 11) is -0.368. The molecular weight excluding hydrogens is 465 g/mol. The van der Waals surface area contributed by atoms with Gasteiger partial charge in [0.25, 0.3) is 0 Å². The third-order valence-corrected chi connectivity index (χ3v) is 8.98. The van der Waals surface area contributed by atoms with E-state index in [1.165, 1.54) is 54.8 Å². The molecule has 1 aliphatic carbocycles. The van der Waals surface area contributed by atoms with Crippen LogP contribution in [0.1, 0.15) is 27.7 Å². The molecule has 1 aliphatic heterocycles. The highest BCUT2D eigenvalue weighted by Gasteiger charge is 2.51. The lowest BCUT2D eigenvalue weighted by molar-refractivity contribution is 0.00578. The number of nitrogens with zero attached hydrogens (tertiary/aromatic N) is 1. The molecule has 0 bridgehead atoms. The third-order valence-electron chi connectivity index (χ3n) is 8.98. The van der Waals surface area contributed by atoms with E-state index in [4.69, 9.17) is 9.31 Å². The van der Waals surface area contributed by atoms with Crippen LogP contribution in [0.5, 0.6) is 0 Å². The van der Waals surface area contributed by atoms with Crippen molar-refractivity contribution in [3.05, 3.63) is 97.1 Å². The zero-order chi connectivity index (χ0) is 25.8. The van der Waals surface area contributed by atoms with Gasteiger partial charge in [-0.15, -0.1) is 0 Å². The Hall–Kier alpha value is -3.86. The van der Waals surface area contributed by atoms with Crippen molar-refractivity contribution >= 4 is 45.2 Å². The fraction of sp³-hybridized carbons (Fsp3) is 0.176. The molecule has 2 heterocycles. The smallest absolute Gasteiger partial charge is 0.399 e. The summed E-state index contributed by atoms with van der Waals surface area (Å²) in [5.74, 6) is 0. The van der Waals surface area contributed by atoms with Crippen LogP contribution >= 0.6 is 0 Å². The Morgan fingerprint density at radius 3 is 1.79 bits per heavy atom. The quantitative estimate of drug-likeness (QED) is 0.229. The average Bonchev–Trinajstić information content (AvgIpc) is 3.32. The van der Waals surface area contributed by atoms with E-state index in [1.54, 1.807) is 0 Å². The maximum Gasteiger partial charge on any atom is 0.494 e. The summed E-state index contributed by atoms with van der Waals surface area (Å²) < 4.78 is 15.0. The molecule has 184 valence electrons. The highest BCUT2D eigenvalue weighted by Crippen LogP contribution is 2.49. The number of hydrogen-bond acceptors (Lipinski definition) is 2. The molecule has 0 amide bonds. The van der Waals surface area contributed by atoms with Crippen LogP contribution in [0.4, 0.5) is 0 Å². The largest absolute Gasteiger partial charge is 0.494 e. The first kappa shape index (κ1) is 22.2. The van der Waals surface area contributed by atoms with Crippen molar-refractivity contribution in [3.8, 4) is 27.9 Å². The molecule has 38 heavy (non-hydrogen) atoms. The zero-order valence-corrected chi connectivity index (χ0v) is 22.1. The Kier molecular flexibility index (Phi) is 4.30. The second-order valence-corrected chi connectivity index (χ2v) is 11.6. The van der Waals surface area contributed by atoms with Crippen molar-refractivity contribution in [2.24, 2.45) is 0 Å². The van der Waals surface area contributed by atoms with Gasteiger partial charge in [0.05, 0.1) is 22.2 Å². The van der Waals surface area contributed by atoms with Crippen LogP contribution in [0.3, 0.4) is 0 Å². The van der Waals surface area contributed by atoms with E-state index in [-0.39, 0.29) is 18.3 Å². The summed E-state index contributed by atoms with van der Waals surface area (Å²) in [6.07, 6.45) is 0. The third kappa shape index (κ3) is 2.82. The van der Waals surface area contributed by atoms with Crippen molar-refractivity contribution in [1.82, 2.24) is 4.57 Å².